The molecule has 0 aromatic carbocycles. The number of halogens is 1. The van der Waals surface area contributed by atoms with Gasteiger partial charge in [0.25, 0.3) is 0 Å². The van der Waals surface area contributed by atoms with Gasteiger partial charge in [-0.3, -0.25) is 4.79 Å². The number of carboxylic acid groups (broad SMARTS) is 1. The van der Waals surface area contributed by atoms with Crippen LogP contribution in [0.25, 0.3) is 0 Å². The van der Waals surface area contributed by atoms with Gasteiger partial charge < -0.3 is 10.4 Å². The SMILES string of the molecule is Cc1ccsc1C1CC1C(=O)NC(CF)C(=O)O. The molecular formula is C12H14FNO3S. The molecule has 0 spiro atoms. The zero-order chi connectivity index (χ0) is 13.3. The Morgan fingerprint density at radius 3 is 2.89 bits per heavy atom. The van der Waals surface area contributed by atoms with Crippen molar-refractivity contribution < 1.29 is 19.1 Å². The van der Waals surface area contributed by atoms with Crippen LogP contribution in [0.3, 0.4) is 0 Å². The van der Waals surface area contributed by atoms with E-state index in [0.717, 1.165) is 5.56 Å². The van der Waals surface area contributed by atoms with Gasteiger partial charge in [0.2, 0.25) is 5.91 Å². The highest BCUT2D eigenvalue weighted by atomic mass is 32.1. The van der Waals surface area contributed by atoms with E-state index in [0.29, 0.717) is 6.42 Å². The summed E-state index contributed by atoms with van der Waals surface area (Å²) in [6, 6.07) is 0.567. The van der Waals surface area contributed by atoms with E-state index in [1.165, 1.54) is 4.88 Å². The van der Waals surface area contributed by atoms with E-state index in [4.69, 9.17) is 5.11 Å². The summed E-state index contributed by atoms with van der Waals surface area (Å²) < 4.78 is 12.4. The molecule has 3 unspecified atom stereocenters. The molecule has 1 fully saturated rings. The predicted octanol–water partition coefficient (Wildman–Crippen LogP) is 1.70. The highest BCUT2D eigenvalue weighted by molar-refractivity contribution is 7.10. The molecule has 0 bridgehead atoms. The summed E-state index contributed by atoms with van der Waals surface area (Å²) in [7, 11) is 0. The van der Waals surface area contributed by atoms with E-state index in [1.807, 2.05) is 18.4 Å². The molecule has 0 radical (unpaired) electrons. The molecule has 98 valence electrons. The van der Waals surface area contributed by atoms with Gasteiger partial charge in [0.15, 0.2) is 6.04 Å². The third-order valence-corrected chi connectivity index (χ3v) is 4.29. The second-order valence-electron chi connectivity index (χ2n) is 4.47. The highest BCUT2D eigenvalue weighted by Gasteiger charge is 2.46. The Bertz CT molecular complexity index is 474. The van der Waals surface area contributed by atoms with Crippen LogP contribution in [0.4, 0.5) is 4.39 Å². The van der Waals surface area contributed by atoms with E-state index >= 15 is 0 Å². The highest BCUT2D eigenvalue weighted by Crippen LogP contribution is 2.50. The van der Waals surface area contributed by atoms with Gasteiger partial charge in [0, 0.05) is 16.7 Å². The number of carbonyl (C=O) groups excluding carboxylic acids is 1. The van der Waals surface area contributed by atoms with Crippen LogP contribution in [0.15, 0.2) is 11.4 Å². The van der Waals surface area contributed by atoms with E-state index in [1.54, 1.807) is 11.3 Å². The Labute approximate surface area is 108 Å². The Morgan fingerprint density at radius 2 is 2.39 bits per heavy atom. The van der Waals surface area contributed by atoms with E-state index in [-0.39, 0.29) is 17.7 Å². The van der Waals surface area contributed by atoms with Crippen LogP contribution >= 0.6 is 11.3 Å². The first-order valence-corrected chi connectivity index (χ1v) is 6.55. The topological polar surface area (TPSA) is 66.4 Å². The van der Waals surface area contributed by atoms with Crippen molar-refractivity contribution in [2.24, 2.45) is 5.92 Å². The fraction of sp³-hybridized carbons (Fsp3) is 0.500. The number of nitrogens with one attached hydrogen (secondary N) is 1. The quantitative estimate of drug-likeness (QED) is 0.856. The average Bonchev–Trinajstić information content (AvgIpc) is 3.01. The van der Waals surface area contributed by atoms with Crippen LogP contribution in [0.1, 0.15) is 22.8 Å². The van der Waals surface area contributed by atoms with E-state index < -0.39 is 18.7 Å². The summed E-state index contributed by atoms with van der Waals surface area (Å²) in [4.78, 5) is 23.5. The third-order valence-electron chi connectivity index (χ3n) is 3.13. The van der Waals surface area contributed by atoms with Crippen molar-refractivity contribution >= 4 is 23.2 Å². The third kappa shape index (κ3) is 2.53. The van der Waals surface area contributed by atoms with Gasteiger partial charge in [-0.1, -0.05) is 0 Å². The molecule has 1 aliphatic rings. The molecule has 4 nitrogen and oxygen atoms in total. The molecule has 3 atom stereocenters. The van der Waals surface area contributed by atoms with Gasteiger partial charge >= 0.3 is 5.97 Å². The van der Waals surface area contributed by atoms with E-state index in [9.17, 15) is 14.0 Å². The molecule has 18 heavy (non-hydrogen) atoms. The number of rotatable bonds is 5. The maximum atomic E-state index is 12.4. The summed E-state index contributed by atoms with van der Waals surface area (Å²) >= 11 is 1.60. The number of aryl methyl sites for hydroxylation is 1. The van der Waals surface area contributed by atoms with Gasteiger partial charge in [-0.05, 0) is 30.4 Å². The van der Waals surface area contributed by atoms with Crippen molar-refractivity contribution in [3.05, 3.63) is 21.9 Å². The summed E-state index contributed by atoms with van der Waals surface area (Å²) in [5.74, 6) is -1.75. The second kappa shape index (κ2) is 5.06. The minimum absolute atomic E-state index is 0.166. The molecule has 1 aromatic heterocycles. The first kappa shape index (κ1) is 13.0. The molecule has 0 saturated heterocycles. The standard InChI is InChI=1S/C12H14FNO3S/c1-6-2-3-18-10(6)7-4-8(7)11(15)14-9(5-13)12(16)17/h2-3,7-9H,4-5H2,1H3,(H,14,15)(H,16,17). The lowest BCUT2D eigenvalue weighted by Crippen LogP contribution is -2.43. The van der Waals surface area contributed by atoms with E-state index in [2.05, 4.69) is 5.32 Å². The van der Waals surface area contributed by atoms with Crippen LogP contribution in [0, 0.1) is 12.8 Å². The van der Waals surface area contributed by atoms with Crippen molar-refractivity contribution in [3.63, 3.8) is 0 Å². The zero-order valence-electron chi connectivity index (χ0n) is 9.85. The lowest BCUT2D eigenvalue weighted by Gasteiger charge is -2.10. The van der Waals surface area contributed by atoms with Gasteiger partial charge in [0.1, 0.15) is 6.67 Å². The van der Waals surface area contributed by atoms with Crippen LogP contribution in [-0.4, -0.2) is 29.7 Å². The summed E-state index contributed by atoms with van der Waals surface area (Å²) in [6.45, 7) is 0.900. The zero-order valence-corrected chi connectivity index (χ0v) is 10.7. The average molecular weight is 271 g/mol. The first-order chi connectivity index (χ1) is 8.54. The second-order valence-corrected chi connectivity index (χ2v) is 5.42. The molecule has 6 heteroatoms. The Morgan fingerprint density at radius 1 is 1.67 bits per heavy atom. The molecule has 2 rings (SSSR count). The van der Waals surface area contributed by atoms with Crippen molar-refractivity contribution in [1.82, 2.24) is 5.32 Å². The molecule has 1 heterocycles. The lowest BCUT2D eigenvalue weighted by atomic mass is 10.2. The van der Waals surface area contributed by atoms with Crippen molar-refractivity contribution in [3.8, 4) is 0 Å². The molecular weight excluding hydrogens is 257 g/mol. The van der Waals surface area contributed by atoms with Gasteiger partial charge in [-0.15, -0.1) is 11.3 Å². The normalized spacial score (nSPS) is 23.4. The Balaban J connectivity index is 1.94. The van der Waals surface area contributed by atoms with Crippen LogP contribution in [-0.2, 0) is 9.59 Å². The number of amides is 1. The van der Waals surface area contributed by atoms with Crippen LogP contribution in [0.5, 0.6) is 0 Å². The minimum atomic E-state index is -1.43. The molecule has 2 N–H and O–H groups in total. The fourth-order valence-corrected chi connectivity index (χ4v) is 3.09. The number of hydrogen-bond acceptors (Lipinski definition) is 3. The van der Waals surface area contributed by atoms with Crippen molar-refractivity contribution in [2.75, 3.05) is 6.67 Å². The maximum absolute atomic E-state index is 12.4. The van der Waals surface area contributed by atoms with Gasteiger partial charge in [0.05, 0.1) is 0 Å². The largest absolute Gasteiger partial charge is 0.480 e. The molecule has 1 aromatic rings. The number of carbonyl (C=O) groups is 2. The molecule has 0 aliphatic heterocycles. The van der Waals surface area contributed by atoms with Crippen LogP contribution < -0.4 is 5.32 Å². The Kier molecular flexibility index (Phi) is 3.65. The smallest absolute Gasteiger partial charge is 0.328 e. The number of thiophene rings is 1. The maximum Gasteiger partial charge on any atom is 0.328 e. The summed E-state index contributed by atoms with van der Waals surface area (Å²) in [5, 5.41) is 12.9. The van der Waals surface area contributed by atoms with Crippen molar-refractivity contribution in [1.29, 1.82) is 0 Å². The van der Waals surface area contributed by atoms with Crippen LogP contribution in [0.2, 0.25) is 0 Å². The number of hydrogen-bond donors (Lipinski definition) is 2. The number of aliphatic carboxylic acids is 1. The monoisotopic (exact) mass is 271 g/mol. The number of carboxylic acids is 1. The Hall–Kier alpha value is -1.43. The summed E-state index contributed by atoms with van der Waals surface area (Å²) in [6.07, 6.45) is 0.714. The lowest BCUT2D eigenvalue weighted by molar-refractivity contribution is -0.142. The first-order valence-electron chi connectivity index (χ1n) is 5.67. The van der Waals surface area contributed by atoms with Gasteiger partial charge in [-0.25, -0.2) is 9.18 Å². The molecule has 1 amide bonds. The molecule has 1 aliphatic carbocycles. The number of alkyl halides is 1. The predicted molar refractivity (Wildman–Crippen MR) is 65.4 cm³/mol. The summed E-state index contributed by atoms with van der Waals surface area (Å²) in [5.41, 5.74) is 1.15. The van der Waals surface area contributed by atoms with Gasteiger partial charge in [-0.2, -0.15) is 0 Å². The van der Waals surface area contributed by atoms with Crippen molar-refractivity contribution in [2.45, 2.75) is 25.3 Å². The molecule has 1 saturated carbocycles. The minimum Gasteiger partial charge on any atom is -0.480 e. The fourth-order valence-electron chi connectivity index (χ4n) is 1.98.